The summed E-state index contributed by atoms with van der Waals surface area (Å²) < 4.78 is 0. The van der Waals surface area contributed by atoms with Crippen LogP contribution in [0.4, 0.5) is 5.69 Å². The van der Waals surface area contributed by atoms with Crippen LogP contribution in [0.2, 0.25) is 0 Å². The minimum absolute atomic E-state index is 0.0146. The lowest BCUT2D eigenvalue weighted by Gasteiger charge is -2.37. The molecule has 0 aromatic heterocycles. The maximum Gasteiger partial charge on any atom is 0.240 e. The normalized spacial score (nSPS) is 21.5. The molecule has 5 heteroatoms. The van der Waals surface area contributed by atoms with Gasteiger partial charge in [0.1, 0.15) is 5.41 Å². The fourth-order valence-electron chi connectivity index (χ4n) is 3.70. The number of anilines is 1. The number of carbonyl (C=O) groups is 3. The number of carbonyl (C=O) groups excluding carboxylic acids is 3. The number of hydrogen-bond donors (Lipinski definition) is 1. The molecular formula is C20H26N2O3. The zero-order chi connectivity index (χ0) is 18.0. The fourth-order valence-corrected chi connectivity index (χ4v) is 3.70. The summed E-state index contributed by atoms with van der Waals surface area (Å²) in [5, 5.41) is 2.85. The smallest absolute Gasteiger partial charge is 0.240 e. The molecule has 1 aliphatic heterocycles. The fraction of sp³-hybridized carbons (Fsp3) is 0.550. The highest BCUT2D eigenvalue weighted by molar-refractivity contribution is 6.13. The standard InChI is InChI=1S/C20H26N2O3/c1-3-17-9-4-5-12-22(17)19(25)20(10-11-20)18(24)21-16-8-6-7-15(13-16)14(2)23/h6-8,13,17H,3-5,9-12H2,1-2H3,(H,21,24). The highest BCUT2D eigenvalue weighted by atomic mass is 16.2. The first kappa shape index (κ1) is 17.6. The molecular weight excluding hydrogens is 316 g/mol. The number of ketones is 1. The van der Waals surface area contributed by atoms with Gasteiger partial charge in [0.25, 0.3) is 0 Å². The summed E-state index contributed by atoms with van der Waals surface area (Å²) in [6, 6.07) is 7.13. The molecule has 1 unspecified atom stereocenters. The lowest BCUT2D eigenvalue weighted by atomic mass is 9.95. The Hall–Kier alpha value is -2.17. The molecule has 0 bridgehead atoms. The summed E-state index contributed by atoms with van der Waals surface area (Å²) in [6.45, 7) is 4.35. The summed E-state index contributed by atoms with van der Waals surface area (Å²) in [4.78, 5) is 39.3. The van der Waals surface area contributed by atoms with Crippen molar-refractivity contribution >= 4 is 23.3 Å². The second-order valence-corrected chi connectivity index (χ2v) is 7.23. The van der Waals surface area contributed by atoms with Crippen molar-refractivity contribution in [2.75, 3.05) is 11.9 Å². The quantitative estimate of drug-likeness (QED) is 0.659. The molecule has 0 spiro atoms. The van der Waals surface area contributed by atoms with Crippen LogP contribution < -0.4 is 5.32 Å². The molecule has 134 valence electrons. The average molecular weight is 342 g/mol. The Morgan fingerprint density at radius 2 is 2.00 bits per heavy atom. The van der Waals surface area contributed by atoms with Crippen LogP contribution in [0.5, 0.6) is 0 Å². The Morgan fingerprint density at radius 3 is 2.64 bits per heavy atom. The molecule has 1 N–H and O–H groups in total. The molecule has 1 saturated carbocycles. The van der Waals surface area contributed by atoms with Crippen molar-refractivity contribution in [3.05, 3.63) is 29.8 Å². The van der Waals surface area contributed by atoms with Gasteiger partial charge >= 0.3 is 0 Å². The van der Waals surface area contributed by atoms with Gasteiger partial charge in [0.2, 0.25) is 11.8 Å². The molecule has 5 nitrogen and oxygen atoms in total. The molecule has 1 aliphatic carbocycles. The second-order valence-electron chi connectivity index (χ2n) is 7.23. The number of nitrogens with zero attached hydrogens (tertiary/aromatic N) is 1. The molecule has 3 rings (SSSR count). The number of benzene rings is 1. The van der Waals surface area contributed by atoms with Crippen molar-refractivity contribution in [3.8, 4) is 0 Å². The SMILES string of the molecule is CCC1CCCCN1C(=O)C1(C(=O)Nc2cccc(C(C)=O)c2)CC1. The summed E-state index contributed by atoms with van der Waals surface area (Å²) in [7, 11) is 0. The van der Waals surface area contributed by atoms with Crippen LogP contribution in [0.1, 0.15) is 62.7 Å². The number of amides is 2. The summed E-state index contributed by atoms with van der Waals surface area (Å²) in [6.07, 6.45) is 5.35. The number of Topliss-reactive ketones (excluding diaryl/α,β-unsaturated/α-hetero) is 1. The number of hydrogen-bond acceptors (Lipinski definition) is 3. The Kier molecular flexibility index (Phi) is 4.93. The maximum atomic E-state index is 13.1. The molecule has 2 aliphatic rings. The van der Waals surface area contributed by atoms with E-state index >= 15 is 0 Å². The summed E-state index contributed by atoms with van der Waals surface area (Å²) in [5.74, 6) is -0.301. The van der Waals surface area contributed by atoms with Gasteiger partial charge in [-0.05, 0) is 57.6 Å². The van der Waals surface area contributed by atoms with Crippen molar-refractivity contribution < 1.29 is 14.4 Å². The molecule has 0 radical (unpaired) electrons. The van der Waals surface area contributed by atoms with E-state index in [1.807, 2.05) is 4.90 Å². The van der Waals surface area contributed by atoms with E-state index in [0.717, 1.165) is 32.2 Å². The Balaban J connectivity index is 1.74. The molecule has 1 atom stereocenters. The van der Waals surface area contributed by atoms with E-state index in [4.69, 9.17) is 0 Å². The van der Waals surface area contributed by atoms with Gasteiger partial charge in [0.05, 0.1) is 0 Å². The highest BCUT2D eigenvalue weighted by Crippen LogP contribution is 2.49. The highest BCUT2D eigenvalue weighted by Gasteiger charge is 2.58. The van der Waals surface area contributed by atoms with Crippen LogP contribution in [0.15, 0.2) is 24.3 Å². The van der Waals surface area contributed by atoms with Gasteiger partial charge in [0, 0.05) is 23.8 Å². The van der Waals surface area contributed by atoms with E-state index in [2.05, 4.69) is 12.2 Å². The van der Waals surface area contributed by atoms with Crippen LogP contribution in [-0.4, -0.2) is 35.1 Å². The molecule has 2 amide bonds. The Bertz CT molecular complexity index is 694. The monoisotopic (exact) mass is 342 g/mol. The van der Waals surface area contributed by atoms with Crippen molar-refractivity contribution in [2.24, 2.45) is 5.41 Å². The van der Waals surface area contributed by atoms with E-state index in [-0.39, 0.29) is 23.6 Å². The largest absolute Gasteiger partial charge is 0.339 e. The van der Waals surface area contributed by atoms with Crippen molar-refractivity contribution in [3.63, 3.8) is 0 Å². The molecule has 1 aromatic carbocycles. The molecule has 1 aromatic rings. The second kappa shape index (κ2) is 6.98. The van der Waals surface area contributed by atoms with E-state index in [0.29, 0.717) is 24.1 Å². The van der Waals surface area contributed by atoms with Crippen LogP contribution in [0.25, 0.3) is 0 Å². The minimum Gasteiger partial charge on any atom is -0.339 e. The van der Waals surface area contributed by atoms with Gasteiger partial charge in [0.15, 0.2) is 5.78 Å². The topological polar surface area (TPSA) is 66.5 Å². The van der Waals surface area contributed by atoms with Crippen molar-refractivity contribution in [1.29, 1.82) is 0 Å². The number of piperidine rings is 1. The van der Waals surface area contributed by atoms with Gasteiger partial charge in [-0.3, -0.25) is 14.4 Å². The maximum absolute atomic E-state index is 13.1. The average Bonchev–Trinajstić information content (AvgIpc) is 3.43. The van der Waals surface area contributed by atoms with Gasteiger partial charge in [-0.25, -0.2) is 0 Å². The van der Waals surface area contributed by atoms with Crippen LogP contribution in [0.3, 0.4) is 0 Å². The third kappa shape index (κ3) is 3.46. The third-order valence-corrected chi connectivity index (χ3v) is 5.48. The third-order valence-electron chi connectivity index (χ3n) is 5.48. The lowest BCUT2D eigenvalue weighted by Crippen LogP contribution is -2.49. The predicted octanol–water partition coefficient (Wildman–Crippen LogP) is 3.40. The van der Waals surface area contributed by atoms with Crippen molar-refractivity contribution in [1.82, 2.24) is 4.90 Å². The van der Waals surface area contributed by atoms with E-state index in [1.54, 1.807) is 24.3 Å². The number of likely N-dealkylation sites (tertiary alicyclic amines) is 1. The molecule has 1 heterocycles. The van der Waals surface area contributed by atoms with E-state index in [1.165, 1.54) is 6.92 Å². The molecule has 25 heavy (non-hydrogen) atoms. The number of nitrogens with one attached hydrogen (secondary N) is 1. The summed E-state index contributed by atoms with van der Waals surface area (Å²) in [5.41, 5.74) is 0.218. The zero-order valence-corrected chi connectivity index (χ0v) is 15.0. The van der Waals surface area contributed by atoms with Gasteiger partial charge < -0.3 is 10.2 Å². The first-order valence-electron chi connectivity index (χ1n) is 9.21. The van der Waals surface area contributed by atoms with Gasteiger partial charge in [-0.1, -0.05) is 19.1 Å². The number of rotatable bonds is 5. The molecule has 2 fully saturated rings. The van der Waals surface area contributed by atoms with Gasteiger partial charge in [-0.2, -0.15) is 0 Å². The predicted molar refractivity (Wildman–Crippen MR) is 96.4 cm³/mol. The van der Waals surface area contributed by atoms with Crippen LogP contribution >= 0.6 is 0 Å². The van der Waals surface area contributed by atoms with Crippen molar-refractivity contribution in [2.45, 2.75) is 58.4 Å². The Morgan fingerprint density at radius 1 is 1.24 bits per heavy atom. The van der Waals surface area contributed by atoms with Gasteiger partial charge in [-0.15, -0.1) is 0 Å². The lowest BCUT2D eigenvalue weighted by molar-refractivity contribution is -0.145. The summed E-state index contributed by atoms with van der Waals surface area (Å²) >= 11 is 0. The van der Waals surface area contributed by atoms with Crippen LogP contribution in [0, 0.1) is 5.41 Å². The van der Waals surface area contributed by atoms with E-state index in [9.17, 15) is 14.4 Å². The van der Waals surface area contributed by atoms with E-state index < -0.39 is 5.41 Å². The first-order valence-corrected chi connectivity index (χ1v) is 9.21. The minimum atomic E-state index is -0.906. The first-order chi connectivity index (χ1) is 12.0. The zero-order valence-electron chi connectivity index (χ0n) is 15.0. The Labute approximate surface area is 148 Å². The molecule has 1 saturated heterocycles. The van der Waals surface area contributed by atoms with Crippen LogP contribution in [-0.2, 0) is 9.59 Å².